The number of unbranched alkanes of at least 4 members (excludes halogenated alkanes) is 4. The molecular weight excluding hydrogens is 129 g/mol. The van der Waals surface area contributed by atoms with E-state index in [4.69, 9.17) is 5.73 Å². The second-order valence-corrected chi connectivity index (χ2v) is 2.72. The van der Waals surface area contributed by atoms with Crippen LogP contribution in [0.15, 0.2) is 0 Å². The number of rotatable bonds is 6. The first-order valence-corrected chi connectivity index (χ1v) is 4.17. The van der Waals surface area contributed by atoms with E-state index in [2.05, 4.69) is 6.92 Å². The molecule has 0 bridgehead atoms. The molecule has 0 spiro atoms. The lowest BCUT2D eigenvalue weighted by Gasteiger charge is -2.00. The second kappa shape index (κ2) is 7.00. The predicted molar refractivity (Wildman–Crippen MR) is 42.5 cm³/mol. The summed E-state index contributed by atoms with van der Waals surface area (Å²) in [5.74, 6) is 0. The molecule has 10 heavy (non-hydrogen) atoms. The van der Waals surface area contributed by atoms with E-state index < -0.39 is 6.30 Å². The van der Waals surface area contributed by atoms with Crippen LogP contribution in [0, 0.1) is 0 Å². The van der Waals surface area contributed by atoms with Gasteiger partial charge in [0.1, 0.15) is 6.30 Å². The highest BCUT2D eigenvalue weighted by Crippen LogP contribution is 2.06. The van der Waals surface area contributed by atoms with Gasteiger partial charge in [-0.1, -0.05) is 32.6 Å². The van der Waals surface area contributed by atoms with Crippen LogP contribution >= 0.6 is 0 Å². The zero-order valence-electron chi connectivity index (χ0n) is 6.78. The highest BCUT2D eigenvalue weighted by Gasteiger charge is 1.96. The van der Waals surface area contributed by atoms with E-state index in [1.165, 1.54) is 19.3 Å². The lowest BCUT2D eigenvalue weighted by Crippen LogP contribution is -2.11. The van der Waals surface area contributed by atoms with Crippen LogP contribution in [0.1, 0.15) is 45.4 Å². The Morgan fingerprint density at radius 3 is 2.30 bits per heavy atom. The maximum absolute atomic E-state index is 12.0. The molecule has 0 aromatic carbocycles. The summed E-state index contributed by atoms with van der Waals surface area (Å²) >= 11 is 0. The van der Waals surface area contributed by atoms with Gasteiger partial charge in [0.15, 0.2) is 0 Å². The van der Waals surface area contributed by atoms with Crippen molar-refractivity contribution in [2.75, 3.05) is 0 Å². The van der Waals surface area contributed by atoms with Gasteiger partial charge in [0.05, 0.1) is 0 Å². The molecule has 0 fully saturated rings. The minimum absolute atomic E-state index is 0.531. The monoisotopic (exact) mass is 147 g/mol. The SMILES string of the molecule is CCCCCCCC(N)F. The molecule has 62 valence electrons. The lowest BCUT2D eigenvalue weighted by atomic mass is 10.1. The minimum Gasteiger partial charge on any atom is -0.302 e. The van der Waals surface area contributed by atoms with Crippen LogP contribution in [-0.2, 0) is 0 Å². The molecule has 0 aromatic heterocycles. The topological polar surface area (TPSA) is 26.0 Å². The van der Waals surface area contributed by atoms with E-state index in [9.17, 15) is 4.39 Å². The van der Waals surface area contributed by atoms with Gasteiger partial charge in [-0.3, -0.25) is 0 Å². The summed E-state index contributed by atoms with van der Waals surface area (Å²) in [6.45, 7) is 2.17. The maximum atomic E-state index is 12.0. The number of hydrogen-bond donors (Lipinski definition) is 1. The number of halogens is 1. The van der Waals surface area contributed by atoms with Crippen molar-refractivity contribution in [2.45, 2.75) is 51.7 Å². The zero-order valence-corrected chi connectivity index (χ0v) is 6.78. The summed E-state index contributed by atoms with van der Waals surface area (Å²) in [6, 6.07) is 0. The van der Waals surface area contributed by atoms with Crippen LogP contribution in [0.3, 0.4) is 0 Å². The van der Waals surface area contributed by atoms with Gasteiger partial charge < -0.3 is 5.73 Å². The van der Waals surface area contributed by atoms with Gasteiger partial charge in [-0.15, -0.1) is 0 Å². The van der Waals surface area contributed by atoms with E-state index >= 15 is 0 Å². The fourth-order valence-corrected chi connectivity index (χ4v) is 0.943. The van der Waals surface area contributed by atoms with Gasteiger partial charge in [-0.05, 0) is 12.8 Å². The van der Waals surface area contributed by atoms with Gasteiger partial charge >= 0.3 is 0 Å². The second-order valence-electron chi connectivity index (χ2n) is 2.72. The van der Waals surface area contributed by atoms with Crippen LogP contribution in [-0.4, -0.2) is 6.30 Å². The summed E-state index contributed by atoms with van der Waals surface area (Å²) in [7, 11) is 0. The van der Waals surface area contributed by atoms with Gasteiger partial charge in [-0.25, -0.2) is 4.39 Å². The molecule has 1 nitrogen and oxygen atoms in total. The van der Waals surface area contributed by atoms with Crippen LogP contribution in [0.5, 0.6) is 0 Å². The number of alkyl halides is 1. The van der Waals surface area contributed by atoms with Crippen LogP contribution in [0.2, 0.25) is 0 Å². The van der Waals surface area contributed by atoms with Crippen LogP contribution < -0.4 is 5.73 Å². The highest BCUT2D eigenvalue weighted by molar-refractivity contribution is 4.47. The van der Waals surface area contributed by atoms with Crippen molar-refractivity contribution in [2.24, 2.45) is 5.73 Å². The van der Waals surface area contributed by atoms with Gasteiger partial charge in [-0.2, -0.15) is 0 Å². The molecule has 0 saturated heterocycles. The van der Waals surface area contributed by atoms with E-state index in [1.807, 2.05) is 0 Å². The average Bonchev–Trinajstić information content (AvgIpc) is 1.87. The van der Waals surface area contributed by atoms with Crippen LogP contribution in [0.4, 0.5) is 4.39 Å². The van der Waals surface area contributed by atoms with Crippen molar-refractivity contribution < 1.29 is 4.39 Å². The third-order valence-corrected chi connectivity index (χ3v) is 1.58. The summed E-state index contributed by atoms with van der Waals surface area (Å²) in [5.41, 5.74) is 4.94. The molecule has 2 heteroatoms. The molecule has 0 amide bonds. The fourth-order valence-electron chi connectivity index (χ4n) is 0.943. The van der Waals surface area contributed by atoms with E-state index in [0.717, 1.165) is 12.8 Å². The first-order chi connectivity index (χ1) is 4.77. The maximum Gasteiger partial charge on any atom is 0.148 e. The Labute approximate surface area is 62.8 Å². The van der Waals surface area contributed by atoms with Crippen molar-refractivity contribution in [1.29, 1.82) is 0 Å². The standard InChI is InChI=1S/C8H18FN/c1-2-3-4-5-6-7-8(9)10/h8H,2-7,10H2,1H3. The Hall–Kier alpha value is -0.110. The molecule has 0 aliphatic carbocycles. The third kappa shape index (κ3) is 7.89. The predicted octanol–water partition coefficient (Wildman–Crippen LogP) is 2.60. The van der Waals surface area contributed by atoms with Gasteiger partial charge in [0.2, 0.25) is 0 Å². The molecule has 0 saturated carbocycles. The average molecular weight is 147 g/mol. The Kier molecular flexibility index (Phi) is 6.93. The molecule has 1 unspecified atom stereocenters. The van der Waals surface area contributed by atoms with Crippen molar-refractivity contribution >= 4 is 0 Å². The van der Waals surface area contributed by atoms with Crippen molar-refractivity contribution in [3.05, 3.63) is 0 Å². The first kappa shape index (κ1) is 9.89. The van der Waals surface area contributed by atoms with Crippen molar-refractivity contribution in [3.63, 3.8) is 0 Å². The van der Waals surface area contributed by atoms with Gasteiger partial charge in [0.25, 0.3) is 0 Å². The molecule has 2 N–H and O–H groups in total. The Balaban J connectivity index is 2.77. The van der Waals surface area contributed by atoms with Crippen molar-refractivity contribution in [3.8, 4) is 0 Å². The van der Waals surface area contributed by atoms with Crippen molar-refractivity contribution in [1.82, 2.24) is 0 Å². The third-order valence-electron chi connectivity index (χ3n) is 1.58. The molecule has 0 aliphatic heterocycles. The lowest BCUT2D eigenvalue weighted by molar-refractivity contribution is 0.314. The molecule has 0 aliphatic rings. The van der Waals surface area contributed by atoms with Gasteiger partial charge in [0, 0.05) is 0 Å². The largest absolute Gasteiger partial charge is 0.302 e. The van der Waals surface area contributed by atoms with E-state index in [-0.39, 0.29) is 0 Å². The highest BCUT2D eigenvalue weighted by atomic mass is 19.1. The first-order valence-electron chi connectivity index (χ1n) is 4.17. The smallest absolute Gasteiger partial charge is 0.148 e. The molecule has 0 aromatic rings. The Bertz CT molecular complexity index is 64.3. The Morgan fingerprint density at radius 2 is 1.80 bits per heavy atom. The number of hydrogen-bond acceptors (Lipinski definition) is 1. The van der Waals surface area contributed by atoms with Crippen LogP contribution in [0.25, 0.3) is 0 Å². The number of nitrogens with two attached hydrogens (primary N) is 1. The molecule has 0 rings (SSSR count). The molecular formula is C8H18FN. The summed E-state index contributed by atoms with van der Waals surface area (Å²) in [4.78, 5) is 0. The zero-order chi connectivity index (χ0) is 7.82. The molecule has 1 atom stereocenters. The van der Waals surface area contributed by atoms with E-state index in [1.54, 1.807) is 0 Å². The molecule has 0 radical (unpaired) electrons. The minimum atomic E-state index is -1.10. The summed E-state index contributed by atoms with van der Waals surface area (Å²) in [5, 5.41) is 0. The fraction of sp³-hybridized carbons (Fsp3) is 1.00. The quantitative estimate of drug-likeness (QED) is 0.453. The summed E-state index contributed by atoms with van der Waals surface area (Å²) in [6.07, 6.45) is 5.24. The Morgan fingerprint density at radius 1 is 1.20 bits per heavy atom. The summed E-state index contributed by atoms with van der Waals surface area (Å²) < 4.78 is 12.0. The molecule has 0 heterocycles. The van der Waals surface area contributed by atoms with E-state index in [0.29, 0.717) is 6.42 Å². The normalized spacial score (nSPS) is 13.5.